The third-order valence-corrected chi connectivity index (χ3v) is 2.70. The minimum atomic E-state index is -0.688. The molecule has 0 aliphatic heterocycles. The summed E-state index contributed by atoms with van der Waals surface area (Å²) in [5, 5.41) is 9.71. The van der Waals surface area contributed by atoms with Crippen molar-refractivity contribution < 1.29 is 9.50 Å². The Kier molecular flexibility index (Phi) is 4.70. The van der Waals surface area contributed by atoms with Crippen molar-refractivity contribution in [3.8, 4) is 0 Å². The first kappa shape index (κ1) is 13.7. The normalized spacial score (nSPS) is 12.6. The van der Waals surface area contributed by atoms with Crippen molar-refractivity contribution in [2.75, 3.05) is 11.4 Å². The molecule has 94 valence electrons. The van der Waals surface area contributed by atoms with Gasteiger partial charge in [0, 0.05) is 23.8 Å². The van der Waals surface area contributed by atoms with Crippen LogP contribution >= 0.6 is 0 Å². The molecule has 0 aliphatic rings. The Morgan fingerprint density at radius 2 is 2.06 bits per heavy atom. The first-order valence-electron chi connectivity index (χ1n) is 5.82. The van der Waals surface area contributed by atoms with Crippen molar-refractivity contribution >= 4 is 5.69 Å². The van der Waals surface area contributed by atoms with Crippen LogP contribution in [0.3, 0.4) is 0 Å². The number of aliphatic hydroxyl groups excluding tert-OH is 1. The number of halogens is 1. The van der Waals surface area contributed by atoms with E-state index in [9.17, 15) is 9.50 Å². The van der Waals surface area contributed by atoms with Crippen LogP contribution in [0.1, 0.15) is 32.4 Å². The van der Waals surface area contributed by atoms with Crippen LogP contribution in [-0.4, -0.2) is 17.7 Å². The van der Waals surface area contributed by atoms with Crippen LogP contribution in [-0.2, 0) is 0 Å². The van der Waals surface area contributed by atoms with Gasteiger partial charge >= 0.3 is 0 Å². The number of rotatable bonds is 5. The molecule has 0 fully saturated rings. The quantitative estimate of drug-likeness (QED) is 0.794. The molecule has 0 aromatic heterocycles. The van der Waals surface area contributed by atoms with Crippen LogP contribution in [0.2, 0.25) is 0 Å². The Morgan fingerprint density at radius 1 is 1.41 bits per heavy atom. The molecule has 3 heteroatoms. The van der Waals surface area contributed by atoms with Gasteiger partial charge in [0.25, 0.3) is 0 Å². The molecule has 0 saturated heterocycles. The van der Waals surface area contributed by atoms with E-state index in [-0.39, 0.29) is 11.9 Å². The summed E-state index contributed by atoms with van der Waals surface area (Å²) < 4.78 is 13.2. The molecule has 2 nitrogen and oxygen atoms in total. The number of hydrogen-bond donors (Lipinski definition) is 1. The summed E-state index contributed by atoms with van der Waals surface area (Å²) in [4.78, 5) is 2.08. The lowest BCUT2D eigenvalue weighted by atomic mass is 10.1. The fourth-order valence-electron chi connectivity index (χ4n) is 1.85. The summed E-state index contributed by atoms with van der Waals surface area (Å²) in [7, 11) is 0. The second-order valence-electron chi connectivity index (χ2n) is 4.41. The molecule has 0 bridgehead atoms. The number of hydrogen-bond acceptors (Lipinski definition) is 2. The van der Waals surface area contributed by atoms with Gasteiger partial charge in [0.15, 0.2) is 0 Å². The molecule has 0 spiro atoms. The van der Waals surface area contributed by atoms with E-state index in [1.807, 2.05) is 0 Å². The molecule has 1 N–H and O–H groups in total. The average Bonchev–Trinajstić information content (AvgIpc) is 2.26. The molecule has 0 saturated carbocycles. The van der Waals surface area contributed by atoms with Crippen LogP contribution in [0.25, 0.3) is 0 Å². The van der Waals surface area contributed by atoms with Gasteiger partial charge in [-0.05, 0) is 39.0 Å². The Hall–Kier alpha value is -1.35. The lowest BCUT2D eigenvalue weighted by Gasteiger charge is -2.30. The Balaban J connectivity index is 3.21. The molecule has 1 aromatic carbocycles. The van der Waals surface area contributed by atoms with E-state index in [0.717, 1.165) is 5.69 Å². The fraction of sp³-hybridized carbons (Fsp3) is 0.429. The number of nitrogens with zero attached hydrogens (tertiary/aromatic N) is 1. The molecule has 1 rings (SSSR count). The van der Waals surface area contributed by atoms with Crippen molar-refractivity contribution in [1.82, 2.24) is 0 Å². The van der Waals surface area contributed by atoms with E-state index < -0.39 is 6.10 Å². The average molecular weight is 237 g/mol. The highest BCUT2D eigenvalue weighted by molar-refractivity contribution is 5.55. The third-order valence-electron chi connectivity index (χ3n) is 2.70. The maximum absolute atomic E-state index is 13.2. The van der Waals surface area contributed by atoms with Gasteiger partial charge in [-0.25, -0.2) is 4.39 Å². The molecular formula is C14H20FNO. The molecule has 17 heavy (non-hydrogen) atoms. The molecular weight excluding hydrogens is 217 g/mol. The summed E-state index contributed by atoms with van der Waals surface area (Å²) in [6.07, 6.45) is 1.11. The number of aliphatic hydroxyl groups is 1. The lowest BCUT2D eigenvalue weighted by molar-refractivity contribution is 0.199. The van der Waals surface area contributed by atoms with E-state index in [2.05, 4.69) is 25.3 Å². The molecule has 1 aromatic rings. The lowest BCUT2D eigenvalue weighted by Crippen LogP contribution is -2.31. The van der Waals surface area contributed by atoms with Gasteiger partial charge in [0.2, 0.25) is 0 Å². The van der Waals surface area contributed by atoms with E-state index in [1.165, 1.54) is 12.1 Å². The van der Waals surface area contributed by atoms with Crippen molar-refractivity contribution in [3.05, 3.63) is 42.2 Å². The van der Waals surface area contributed by atoms with Gasteiger partial charge in [0.05, 0.1) is 6.10 Å². The zero-order valence-electron chi connectivity index (χ0n) is 10.7. The van der Waals surface area contributed by atoms with Crippen molar-refractivity contribution in [2.24, 2.45) is 0 Å². The monoisotopic (exact) mass is 237 g/mol. The van der Waals surface area contributed by atoms with Crippen molar-refractivity contribution in [3.63, 3.8) is 0 Å². The van der Waals surface area contributed by atoms with E-state index in [1.54, 1.807) is 19.1 Å². The van der Waals surface area contributed by atoms with E-state index in [0.29, 0.717) is 12.1 Å². The van der Waals surface area contributed by atoms with E-state index in [4.69, 9.17) is 0 Å². The van der Waals surface area contributed by atoms with Crippen LogP contribution in [0.4, 0.5) is 10.1 Å². The fourth-order valence-corrected chi connectivity index (χ4v) is 1.85. The molecule has 0 heterocycles. The molecule has 0 unspecified atom stereocenters. The molecule has 0 aliphatic carbocycles. The predicted octanol–water partition coefficient (Wildman–Crippen LogP) is 3.28. The van der Waals surface area contributed by atoms with Gasteiger partial charge < -0.3 is 10.0 Å². The minimum absolute atomic E-state index is 0.260. The topological polar surface area (TPSA) is 23.5 Å². The third kappa shape index (κ3) is 3.30. The summed E-state index contributed by atoms with van der Waals surface area (Å²) >= 11 is 0. The first-order chi connectivity index (χ1) is 7.97. The predicted molar refractivity (Wildman–Crippen MR) is 69.7 cm³/mol. The highest BCUT2D eigenvalue weighted by Crippen LogP contribution is 2.28. The van der Waals surface area contributed by atoms with Crippen LogP contribution in [0, 0.1) is 5.82 Å². The maximum atomic E-state index is 13.2. The minimum Gasteiger partial charge on any atom is -0.389 e. The number of benzene rings is 1. The highest BCUT2D eigenvalue weighted by atomic mass is 19.1. The Bertz CT molecular complexity index is 388. The SMILES string of the molecule is C=CCN(c1ccc(F)cc1[C@H](C)O)C(C)C. The summed E-state index contributed by atoms with van der Waals surface area (Å²) in [6, 6.07) is 4.77. The molecule has 0 amide bonds. The van der Waals surface area contributed by atoms with Gasteiger partial charge in [0.1, 0.15) is 5.82 Å². The van der Waals surface area contributed by atoms with Crippen LogP contribution in [0.5, 0.6) is 0 Å². The maximum Gasteiger partial charge on any atom is 0.123 e. The second kappa shape index (κ2) is 5.82. The van der Waals surface area contributed by atoms with Crippen molar-refractivity contribution in [1.29, 1.82) is 0 Å². The Morgan fingerprint density at radius 3 is 2.53 bits per heavy atom. The van der Waals surface area contributed by atoms with Crippen LogP contribution in [0.15, 0.2) is 30.9 Å². The Labute approximate surface area is 102 Å². The van der Waals surface area contributed by atoms with Crippen molar-refractivity contribution in [2.45, 2.75) is 32.9 Å². The second-order valence-corrected chi connectivity index (χ2v) is 4.41. The zero-order valence-corrected chi connectivity index (χ0v) is 10.7. The van der Waals surface area contributed by atoms with Gasteiger partial charge in [-0.2, -0.15) is 0 Å². The summed E-state index contributed by atoms with van der Waals surface area (Å²) in [6.45, 7) is 10.1. The summed E-state index contributed by atoms with van der Waals surface area (Å²) in [5.74, 6) is -0.327. The number of anilines is 1. The largest absolute Gasteiger partial charge is 0.389 e. The first-order valence-corrected chi connectivity index (χ1v) is 5.82. The van der Waals surface area contributed by atoms with Gasteiger partial charge in [-0.15, -0.1) is 6.58 Å². The van der Waals surface area contributed by atoms with Gasteiger partial charge in [-0.3, -0.25) is 0 Å². The van der Waals surface area contributed by atoms with Gasteiger partial charge in [-0.1, -0.05) is 6.08 Å². The highest BCUT2D eigenvalue weighted by Gasteiger charge is 2.16. The zero-order chi connectivity index (χ0) is 13.0. The molecule has 0 radical (unpaired) electrons. The summed E-state index contributed by atoms with van der Waals surface area (Å²) in [5.41, 5.74) is 1.47. The molecule has 1 atom stereocenters. The van der Waals surface area contributed by atoms with E-state index >= 15 is 0 Å². The van der Waals surface area contributed by atoms with Crippen LogP contribution < -0.4 is 4.90 Å². The standard InChI is InChI=1S/C14H20FNO/c1-5-8-16(10(2)3)14-7-6-12(15)9-13(14)11(4)17/h5-7,9-11,17H,1,8H2,2-4H3/t11-/m0/s1. The smallest absolute Gasteiger partial charge is 0.123 e.